The van der Waals surface area contributed by atoms with Gasteiger partial charge >= 0.3 is 0 Å². The number of nitrogens with zero attached hydrogens (tertiary/aromatic N) is 4. The Labute approximate surface area is 234 Å². The minimum absolute atomic E-state index is 0.0362. The van der Waals surface area contributed by atoms with E-state index in [-0.39, 0.29) is 29.1 Å². The summed E-state index contributed by atoms with van der Waals surface area (Å²) in [5.74, 6) is 0.392. The van der Waals surface area contributed by atoms with Gasteiger partial charge in [0, 0.05) is 10.9 Å². The lowest BCUT2D eigenvalue weighted by atomic mass is 9.53. The number of carbonyl (C=O) groups is 4. The number of fused-ring (bicyclic) bond motifs is 1. The summed E-state index contributed by atoms with van der Waals surface area (Å²) >= 11 is 1.10. The lowest BCUT2D eigenvalue weighted by molar-refractivity contribution is -0.144. The number of benzene rings is 1. The second-order valence-electron chi connectivity index (χ2n) is 11.8. The Morgan fingerprint density at radius 2 is 1.68 bits per heavy atom. The fraction of sp³-hybridized carbons (Fsp3) is 0.448. The fourth-order valence-electron chi connectivity index (χ4n) is 7.82. The van der Waals surface area contributed by atoms with Crippen LogP contribution in [0.5, 0.6) is 0 Å². The molecule has 10 nitrogen and oxygen atoms in total. The van der Waals surface area contributed by atoms with Gasteiger partial charge in [0.15, 0.2) is 6.04 Å². The van der Waals surface area contributed by atoms with Crippen molar-refractivity contribution in [1.29, 1.82) is 0 Å². The third-order valence-electron chi connectivity index (χ3n) is 9.04. The molecule has 1 aliphatic heterocycles. The first-order valence-corrected chi connectivity index (χ1v) is 14.6. The highest BCUT2D eigenvalue weighted by atomic mass is 32.1. The SMILES string of the molecule is O=C(NC12CC3CC(CC(C3)C1)C2)[C@@H](c1csnn1)N(Cc1ccco1)C(=O)CN1C(=O)c2ccccc2C1=O. The van der Waals surface area contributed by atoms with E-state index < -0.39 is 30.3 Å². The van der Waals surface area contributed by atoms with E-state index in [1.54, 1.807) is 41.8 Å². The Kier molecular flexibility index (Phi) is 6.06. The Morgan fingerprint density at radius 3 is 2.23 bits per heavy atom. The highest BCUT2D eigenvalue weighted by molar-refractivity contribution is 7.03. The molecule has 0 unspecified atom stereocenters. The van der Waals surface area contributed by atoms with Gasteiger partial charge in [0.2, 0.25) is 11.8 Å². The molecule has 3 heterocycles. The molecular weight excluding hydrogens is 530 g/mol. The summed E-state index contributed by atoms with van der Waals surface area (Å²) in [6.07, 6.45) is 8.06. The van der Waals surface area contributed by atoms with E-state index in [2.05, 4.69) is 14.9 Å². The molecule has 0 saturated heterocycles. The van der Waals surface area contributed by atoms with Crippen LogP contribution < -0.4 is 5.32 Å². The highest BCUT2D eigenvalue weighted by Crippen LogP contribution is 2.55. The number of imide groups is 1. The molecule has 4 aliphatic carbocycles. The van der Waals surface area contributed by atoms with Crippen LogP contribution in [0.1, 0.15) is 76.7 Å². The third-order valence-corrected chi connectivity index (χ3v) is 9.56. The van der Waals surface area contributed by atoms with Gasteiger partial charge in [0.25, 0.3) is 11.8 Å². The van der Waals surface area contributed by atoms with Gasteiger partial charge in [0.1, 0.15) is 18.0 Å². The molecule has 5 aliphatic rings. The summed E-state index contributed by atoms with van der Waals surface area (Å²) in [4.78, 5) is 56.6. The Hall–Kier alpha value is -3.86. The van der Waals surface area contributed by atoms with Crippen molar-refractivity contribution < 1.29 is 23.6 Å². The molecule has 1 aromatic carbocycles. The average Bonchev–Trinajstić information content (AvgIpc) is 3.68. The van der Waals surface area contributed by atoms with Crippen LogP contribution >= 0.6 is 11.5 Å². The molecule has 3 aromatic rings. The molecule has 4 bridgehead atoms. The highest BCUT2D eigenvalue weighted by Gasteiger charge is 2.52. The molecule has 4 amide bonds. The predicted molar refractivity (Wildman–Crippen MR) is 143 cm³/mol. The maximum Gasteiger partial charge on any atom is 0.262 e. The van der Waals surface area contributed by atoms with Crippen LogP contribution in [0.15, 0.2) is 52.5 Å². The summed E-state index contributed by atoms with van der Waals surface area (Å²) in [5.41, 5.74) is 0.583. The summed E-state index contributed by atoms with van der Waals surface area (Å²) in [5, 5.41) is 9.23. The smallest absolute Gasteiger partial charge is 0.262 e. The van der Waals surface area contributed by atoms with Crippen molar-refractivity contribution in [2.24, 2.45) is 17.8 Å². The zero-order chi connectivity index (χ0) is 27.4. The molecule has 0 radical (unpaired) electrons. The van der Waals surface area contributed by atoms with E-state index >= 15 is 0 Å². The number of aromatic nitrogens is 2. The first-order valence-electron chi connectivity index (χ1n) is 13.8. The van der Waals surface area contributed by atoms with Crippen molar-refractivity contribution in [2.45, 2.75) is 56.7 Å². The lowest BCUT2D eigenvalue weighted by Crippen LogP contribution is -2.61. The molecule has 0 spiro atoms. The lowest BCUT2D eigenvalue weighted by Gasteiger charge is -2.57. The van der Waals surface area contributed by atoms with E-state index in [0.29, 0.717) is 29.2 Å². The largest absolute Gasteiger partial charge is 0.467 e. The van der Waals surface area contributed by atoms with Gasteiger partial charge in [-0.2, -0.15) is 0 Å². The van der Waals surface area contributed by atoms with Gasteiger partial charge in [-0.25, -0.2) is 0 Å². The summed E-state index contributed by atoms with van der Waals surface area (Å²) in [6, 6.07) is 8.83. The zero-order valence-corrected chi connectivity index (χ0v) is 22.6. The first kappa shape index (κ1) is 25.1. The monoisotopic (exact) mass is 559 g/mol. The van der Waals surface area contributed by atoms with E-state index in [0.717, 1.165) is 35.7 Å². The van der Waals surface area contributed by atoms with E-state index in [4.69, 9.17) is 4.42 Å². The number of hydrogen-bond acceptors (Lipinski definition) is 8. The third kappa shape index (κ3) is 4.32. The van der Waals surface area contributed by atoms with Crippen LogP contribution in [0.3, 0.4) is 0 Å². The number of nitrogens with one attached hydrogen (secondary N) is 1. The van der Waals surface area contributed by atoms with Crippen LogP contribution in [0, 0.1) is 17.8 Å². The fourth-order valence-corrected chi connectivity index (χ4v) is 8.30. The molecule has 1 atom stereocenters. The van der Waals surface area contributed by atoms with Crippen molar-refractivity contribution in [2.75, 3.05) is 6.54 Å². The van der Waals surface area contributed by atoms with E-state index in [9.17, 15) is 19.2 Å². The van der Waals surface area contributed by atoms with Crippen molar-refractivity contribution in [3.8, 4) is 0 Å². The van der Waals surface area contributed by atoms with Crippen molar-refractivity contribution in [3.05, 3.63) is 70.6 Å². The minimum atomic E-state index is -1.10. The number of rotatable bonds is 8. The molecule has 4 fully saturated rings. The topological polar surface area (TPSA) is 126 Å². The summed E-state index contributed by atoms with van der Waals surface area (Å²) < 4.78 is 9.53. The second kappa shape index (κ2) is 9.65. The average molecular weight is 560 g/mol. The van der Waals surface area contributed by atoms with Crippen molar-refractivity contribution in [3.63, 3.8) is 0 Å². The molecule has 11 heteroatoms. The molecule has 206 valence electrons. The van der Waals surface area contributed by atoms with Gasteiger partial charge in [-0.1, -0.05) is 16.6 Å². The molecular formula is C29H29N5O5S. The van der Waals surface area contributed by atoms with Crippen LogP contribution in [-0.4, -0.2) is 55.1 Å². The maximum absolute atomic E-state index is 14.2. The Balaban J connectivity index is 1.20. The van der Waals surface area contributed by atoms with Crippen molar-refractivity contribution in [1.82, 2.24) is 24.7 Å². The number of carbonyl (C=O) groups excluding carboxylic acids is 4. The maximum atomic E-state index is 14.2. The first-order chi connectivity index (χ1) is 19.4. The summed E-state index contributed by atoms with van der Waals surface area (Å²) in [7, 11) is 0. The summed E-state index contributed by atoms with van der Waals surface area (Å²) in [6.45, 7) is -0.544. The quantitative estimate of drug-likeness (QED) is 0.418. The number of amides is 4. The van der Waals surface area contributed by atoms with Crippen LogP contribution in [0.4, 0.5) is 0 Å². The van der Waals surface area contributed by atoms with Crippen molar-refractivity contribution >= 4 is 35.2 Å². The van der Waals surface area contributed by atoms with E-state index in [1.807, 2.05) is 0 Å². The zero-order valence-electron chi connectivity index (χ0n) is 21.8. The molecule has 1 N–H and O–H groups in total. The second-order valence-corrected chi connectivity index (χ2v) is 12.4. The van der Waals surface area contributed by atoms with Crippen LogP contribution in [0.25, 0.3) is 0 Å². The standard InChI is InChI=1S/C29H29N5O5S/c35-24(15-34-27(37)21-5-1-2-6-22(21)28(34)38)33(14-20-4-3-7-39-20)25(23-16-40-32-31-23)26(36)30-29-11-17-8-18(12-29)10-19(9-17)13-29/h1-7,16-19,25H,8-15H2,(H,30,36)/t17?,18?,19?,25-,29?/m1/s1. The van der Waals surface area contributed by atoms with Gasteiger partial charge < -0.3 is 14.6 Å². The van der Waals surface area contributed by atoms with Crippen LogP contribution in [-0.2, 0) is 16.1 Å². The van der Waals surface area contributed by atoms with Crippen LogP contribution in [0.2, 0.25) is 0 Å². The molecule has 2 aromatic heterocycles. The minimum Gasteiger partial charge on any atom is -0.467 e. The number of hydrogen-bond donors (Lipinski definition) is 1. The predicted octanol–water partition coefficient (Wildman–Crippen LogP) is 3.58. The van der Waals surface area contributed by atoms with Gasteiger partial charge in [-0.05, 0) is 92.1 Å². The molecule has 8 rings (SSSR count). The van der Waals surface area contributed by atoms with Gasteiger partial charge in [-0.15, -0.1) is 5.10 Å². The molecule has 4 saturated carbocycles. The van der Waals surface area contributed by atoms with Gasteiger partial charge in [0.05, 0.1) is 23.9 Å². The number of furan rings is 1. The Bertz CT molecular complexity index is 1400. The molecule has 40 heavy (non-hydrogen) atoms. The Morgan fingerprint density at radius 1 is 1.02 bits per heavy atom. The van der Waals surface area contributed by atoms with Gasteiger partial charge in [-0.3, -0.25) is 24.1 Å². The van der Waals surface area contributed by atoms with E-state index in [1.165, 1.54) is 30.4 Å². The normalized spacial score (nSPS) is 27.1.